The van der Waals surface area contributed by atoms with Crippen molar-refractivity contribution in [1.29, 1.82) is 0 Å². The van der Waals surface area contributed by atoms with Crippen molar-refractivity contribution in [2.75, 3.05) is 0 Å². The first-order chi connectivity index (χ1) is 8.44. The third kappa shape index (κ3) is 9.11. The second-order valence-electron chi connectivity index (χ2n) is 6.25. The number of esters is 2. The normalized spacial score (nSPS) is 13.4. The lowest BCUT2D eigenvalue weighted by molar-refractivity contribution is -0.164. The van der Waals surface area contributed by atoms with Gasteiger partial charge >= 0.3 is 11.9 Å². The molecule has 1 N–H and O–H groups in total. The highest BCUT2D eigenvalue weighted by molar-refractivity contribution is 5.83. The largest absolute Gasteiger partial charge is 0.460 e. The van der Waals surface area contributed by atoms with E-state index in [0.29, 0.717) is 0 Å². The Labute approximate surface area is 115 Å². The molecule has 0 aromatic rings. The molecule has 0 saturated heterocycles. The van der Waals surface area contributed by atoms with Gasteiger partial charge in [-0.05, 0) is 47.7 Å². The van der Waals surface area contributed by atoms with E-state index in [1.807, 2.05) is 0 Å². The van der Waals surface area contributed by atoms with Gasteiger partial charge in [0.1, 0.15) is 17.2 Å². The zero-order chi connectivity index (χ0) is 15.3. The summed E-state index contributed by atoms with van der Waals surface area (Å²) in [5.41, 5.74) is -1.18. The summed E-state index contributed by atoms with van der Waals surface area (Å²) in [6.07, 6.45) is 1.26. The molecule has 5 heteroatoms. The Balaban J connectivity index is 4.61. The predicted molar refractivity (Wildman–Crippen MR) is 73.4 cm³/mol. The van der Waals surface area contributed by atoms with Gasteiger partial charge in [0.15, 0.2) is 0 Å². The third-order valence-electron chi connectivity index (χ3n) is 1.80. The Morgan fingerprint density at radius 2 is 1.58 bits per heavy atom. The predicted octanol–water partition coefficient (Wildman–Crippen LogP) is 2.16. The Kier molecular flexibility index (Phi) is 6.06. The van der Waals surface area contributed by atoms with E-state index in [9.17, 15) is 9.59 Å². The maximum Gasteiger partial charge on any atom is 0.329 e. The Morgan fingerprint density at radius 1 is 1.11 bits per heavy atom. The number of hydrogen-bond donors (Lipinski definition) is 1. The highest BCUT2D eigenvalue weighted by Gasteiger charge is 2.28. The Morgan fingerprint density at radius 3 is 1.95 bits per heavy atom. The highest BCUT2D eigenvalue weighted by atomic mass is 16.6. The van der Waals surface area contributed by atoms with Gasteiger partial charge in [0.25, 0.3) is 0 Å². The molecule has 1 unspecified atom stereocenters. The van der Waals surface area contributed by atoms with Crippen molar-refractivity contribution in [3.05, 3.63) is 12.8 Å². The molecule has 0 aromatic heterocycles. The van der Waals surface area contributed by atoms with Gasteiger partial charge in [-0.2, -0.15) is 0 Å². The van der Waals surface area contributed by atoms with Gasteiger partial charge in [0, 0.05) is 0 Å². The summed E-state index contributed by atoms with van der Waals surface area (Å²) in [6.45, 7) is 14.1. The first-order valence-electron chi connectivity index (χ1n) is 6.26. The summed E-state index contributed by atoms with van der Waals surface area (Å²) >= 11 is 0. The van der Waals surface area contributed by atoms with Crippen LogP contribution in [0.4, 0.5) is 0 Å². The molecule has 0 heterocycles. The van der Waals surface area contributed by atoms with Gasteiger partial charge in [-0.15, -0.1) is 0 Å². The van der Waals surface area contributed by atoms with Crippen molar-refractivity contribution in [2.24, 2.45) is 0 Å². The molecule has 0 amide bonds. The van der Waals surface area contributed by atoms with E-state index in [1.165, 1.54) is 6.20 Å². The van der Waals surface area contributed by atoms with Crippen molar-refractivity contribution in [2.45, 2.75) is 65.2 Å². The second kappa shape index (κ2) is 6.59. The number of rotatable bonds is 5. The van der Waals surface area contributed by atoms with Crippen LogP contribution in [0.15, 0.2) is 12.8 Å². The molecule has 0 fully saturated rings. The van der Waals surface area contributed by atoms with Crippen LogP contribution in [0, 0.1) is 0 Å². The average Bonchev–Trinajstić information content (AvgIpc) is 2.10. The maximum absolute atomic E-state index is 11.9. The monoisotopic (exact) mass is 271 g/mol. The summed E-state index contributed by atoms with van der Waals surface area (Å²) in [4.78, 5) is 23.6. The topological polar surface area (TPSA) is 64.6 Å². The Hall–Kier alpha value is -1.52. The van der Waals surface area contributed by atoms with Gasteiger partial charge in [0.05, 0.1) is 6.42 Å². The summed E-state index contributed by atoms with van der Waals surface area (Å²) in [5.74, 6) is -0.962. The quantitative estimate of drug-likeness (QED) is 0.776. The van der Waals surface area contributed by atoms with Crippen LogP contribution in [0.2, 0.25) is 0 Å². The van der Waals surface area contributed by atoms with Gasteiger partial charge in [-0.25, -0.2) is 4.79 Å². The van der Waals surface area contributed by atoms with E-state index < -0.39 is 29.2 Å². The first kappa shape index (κ1) is 17.5. The molecule has 0 aliphatic heterocycles. The summed E-state index contributed by atoms with van der Waals surface area (Å²) in [6, 6.07) is -0.786. The SMILES string of the molecule is C=CNC(CC(=O)OC(C)(C)C)C(=O)OC(C)(C)C. The van der Waals surface area contributed by atoms with Gasteiger partial charge in [-0.1, -0.05) is 6.58 Å². The number of carbonyl (C=O) groups excluding carboxylic acids is 2. The molecule has 0 aliphatic carbocycles. The molecule has 19 heavy (non-hydrogen) atoms. The van der Waals surface area contributed by atoms with Crippen LogP contribution >= 0.6 is 0 Å². The fourth-order valence-electron chi connectivity index (χ4n) is 1.28. The van der Waals surface area contributed by atoms with Crippen molar-refractivity contribution in [3.8, 4) is 0 Å². The number of hydrogen-bond acceptors (Lipinski definition) is 5. The van der Waals surface area contributed by atoms with Crippen molar-refractivity contribution in [3.63, 3.8) is 0 Å². The van der Waals surface area contributed by atoms with E-state index in [-0.39, 0.29) is 6.42 Å². The van der Waals surface area contributed by atoms with Crippen LogP contribution < -0.4 is 5.32 Å². The van der Waals surface area contributed by atoms with Crippen LogP contribution in [0.3, 0.4) is 0 Å². The minimum absolute atomic E-state index is 0.0990. The van der Waals surface area contributed by atoms with Crippen molar-refractivity contribution < 1.29 is 19.1 Å². The molecule has 0 spiro atoms. The number of nitrogens with one attached hydrogen (secondary N) is 1. The van der Waals surface area contributed by atoms with Crippen LogP contribution in [0.25, 0.3) is 0 Å². The third-order valence-corrected chi connectivity index (χ3v) is 1.80. The molecular formula is C14H25NO4. The van der Waals surface area contributed by atoms with Gasteiger partial charge < -0.3 is 14.8 Å². The lowest BCUT2D eigenvalue weighted by atomic mass is 10.1. The first-order valence-corrected chi connectivity index (χ1v) is 6.26. The van der Waals surface area contributed by atoms with Crippen LogP contribution in [0.5, 0.6) is 0 Å². The zero-order valence-electron chi connectivity index (χ0n) is 12.7. The minimum atomic E-state index is -0.786. The average molecular weight is 271 g/mol. The minimum Gasteiger partial charge on any atom is -0.460 e. The van der Waals surface area contributed by atoms with Crippen LogP contribution in [0.1, 0.15) is 48.0 Å². The summed E-state index contributed by atoms with van der Waals surface area (Å²) in [7, 11) is 0. The van der Waals surface area contributed by atoms with E-state index in [4.69, 9.17) is 9.47 Å². The summed E-state index contributed by atoms with van der Waals surface area (Å²) in [5, 5.41) is 2.71. The Bertz CT molecular complexity index is 336. The van der Waals surface area contributed by atoms with Crippen LogP contribution in [-0.2, 0) is 19.1 Å². The molecule has 5 nitrogen and oxygen atoms in total. The standard InChI is InChI=1S/C14H25NO4/c1-8-15-10(12(17)19-14(5,6)7)9-11(16)18-13(2,3)4/h8,10,15H,1,9H2,2-7H3. The van der Waals surface area contributed by atoms with E-state index in [1.54, 1.807) is 41.5 Å². The second-order valence-corrected chi connectivity index (χ2v) is 6.25. The van der Waals surface area contributed by atoms with E-state index in [2.05, 4.69) is 11.9 Å². The van der Waals surface area contributed by atoms with Gasteiger partial charge in [-0.3, -0.25) is 4.79 Å². The summed E-state index contributed by atoms with van der Waals surface area (Å²) < 4.78 is 10.4. The van der Waals surface area contributed by atoms with E-state index in [0.717, 1.165) is 0 Å². The van der Waals surface area contributed by atoms with Crippen LogP contribution in [-0.4, -0.2) is 29.2 Å². The molecule has 1 atom stereocenters. The molecule has 0 bridgehead atoms. The molecule has 0 aliphatic rings. The highest BCUT2D eigenvalue weighted by Crippen LogP contribution is 2.13. The van der Waals surface area contributed by atoms with Crippen molar-refractivity contribution in [1.82, 2.24) is 5.32 Å². The molecular weight excluding hydrogens is 246 g/mol. The molecule has 0 radical (unpaired) electrons. The molecule has 0 saturated carbocycles. The molecule has 110 valence electrons. The van der Waals surface area contributed by atoms with Crippen molar-refractivity contribution >= 4 is 11.9 Å². The smallest absolute Gasteiger partial charge is 0.329 e. The molecule has 0 aromatic carbocycles. The fourth-order valence-corrected chi connectivity index (χ4v) is 1.28. The molecule has 0 rings (SSSR count). The number of carbonyl (C=O) groups is 2. The lowest BCUT2D eigenvalue weighted by Gasteiger charge is -2.25. The van der Waals surface area contributed by atoms with Gasteiger partial charge in [0.2, 0.25) is 0 Å². The maximum atomic E-state index is 11.9. The fraction of sp³-hybridized carbons (Fsp3) is 0.714. The number of ether oxygens (including phenoxy) is 2. The van der Waals surface area contributed by atoms with E-state index >= 15 is 0 Å². The lowest BCUT2D eigenvalue weighted by Crippen LogP contribution is -2.41. The zero-order valence-corrected chi connectivity index (χ0v) is 12.7.